The van der Waals surface area contributed by atoms with Gasteiger partial charge in [-0.2, -0.15) is 5.26 Å². The van der Waals surface area contributed by atoms with Crippen molar-refractivity contribution in [2.24, 2.45) is 4.99 Å². The van der Waals surface area contributed by atoms with Gasteiger partial charge >= 0.3 is 0 Å². The Morgan fingerprint density at radius 2 is 2.07 bits per heavy atom. The van der Waals surface area contributed by atoms with Crippen LogP contribution in [0.3, 0.4) is 0 Å². The predicted molar refractivity (Wildman–Crippen MR) is 58.7 cm³/mol. The first-order valence-electron chi connectivity index (χ1n) is 4.16. The Balaban J connectivity index is 2.65. The van der Waals surface area contributed by atoms with Crippen molar-refractivity contribution in [3.63, 3.8) is 0 Å². The average Bonchev–Trinajstić information content (AvgIpc) is 2.25. The van der Waals surface area contributed by atoms with Crippen molar-refractivity contribution in [1.29, 1.82) is 5.26 Å². The summed E-state index contributed by atoms with van der Waals surface area (Å²) in [4.78, 5) is 3.73. The fraction of sp³-hybridized carbons (Fsp3) is 0. The average molecular weight is 182 g/mol. The molecule has 0 heterocycles. The highest BCUT2D eigenvalue weighted by atomic mass is 14.7. The van der Waals surface area contributed by atoms with E-state index in [4.69, 9.17) is 5.26 Å². The van der Waals surface area contributed by atoms with Gasteiger partial charge in [0.1, 0.15) is 12.3 Å². The molecule has 0 atom stereocenters. The van der Waals surface area contributed by atoms with Crippen LogP contribution in [0.1, 0.15) is 5.56 Å². The van der Waals surface area contributed by atoms with E-state index in [0.29, 0.717) is 0 Å². The molecule has 0 fully saturated rings. The van der Waals surface area contributed by atoms with Gasteiger partial charge in [-0.3, -0.25) is 4.99 Å². The summed E-state index contributed by atoms with van der Waals surface area (Å²) in [5, 5.41) is 8.19. The van der Waals surface area contributed by atoms with Crippen molar-refractivity contribution in [2.45, 2.75) is 0 Å². The van der Waals surface area contributed by atoms with Crippen molar-refractivity contribution in [3.05, 3.63) is 54.8 Å². The van der Waals surface area contributed by atoms with E-state index in [2.05, 4.69) is 11.6 Å². The molecule has 0 saturated heterocycles. The molecule has 0 aliphatic heterocycles. The number of allylic oxidation sites excluding steroid dienone is 2. The van der Waals surface area contributed by atoms with E-state index in [9.17, 15) is 0 Å². The minimum atomic E-state index is 0.876. The maximum Gasteiger partial charge on any atom is 0.111 e. The Morgan fingerprint density at radius 1 is 1.36 bits per heavy atom. The quantitative estimate of drug-likeness (QED) is 0.523. The summed E-state index contributed by atoms with van der Waals surface area (Å²) < 4.78 is 0. The number of nitrogens with zero attached hydrogens (tertiary/aromatic N) is 2. The van der Waals surface area contributed by atoms with Gasteiger partial charge in [-0.1, -0.05) is 36.9 Å². The lowest BCUT2D eigenvalue weighted by Gasteiger charge is -1.97. The van der Waals surface area contributed by atoms with Gasteiger partial charge in [-0.25, -0.2) is 0 Å². The van der Waals surface area contributed by atoms with Crippen LogP contribution < -0.4 is 0 Å². The maximum absolute atomic E-state index is 8.19. The molecule has 2 heteroatoms. The number of rotatable bonds is 3. The topological polar surface area (TPSA) is 36.1 Å². The molecule has 0 aliphatic rings. The van der Waals surface area contributed by atoms with Crippen molar-refractivity contribution >= 4 is 11.8 Å². The van der Waals surface area contributed by atoms with E-state index in [1.165, 1.54) is 6.21 Å². The molecule has 0 unspecified atom stereocenters. The molecule has 0 N–H and O–H groups in total. The zero-order chi connectivity index (χ0) is 10.2. The van der Waals surface area contributed by atoms with E-state index in [-0.39, 0.29) is 0 Å². The third kappa shape index (κ3) is 3.08. The van der Waals surface area contributed by atoms with Crippen molar-refractivity contribution in [2.75, 3.05) is 0 Å². The highest BCUT2D eigenvalue weighted by Crippen LogP contribution is 2.12. The van der Waals surface area contributed by atoms with Crippen molar-refractivity contribution < 1.29 is 0 Å². The molecule has 0 aromatic heterocycles. The van der Waals surface area contributed by atoms with Crippen LogP contribution in [0.25, 0.3) is 5.57 Å². The van der Waals surface area contributed by atoms with Crippen LogP contribution in [0.15, 0.2) is 54.2 Å². The van der Waals surface area contributed by atoms with Crippen LogP contribution >= 0.6 is 0 Å². The van der Waals surface area contributed by atoms with Crippen LogP contribution in [0.2, 0.25) is 0 Å². The summed E-state index contributed by atoms with van der Waals surface area (Å²) in [6, 6.07) is 11.6. The summed E-state index contributed by atoms with van der Waals surface area (Å²) in [6.07, 6.45) is 4.50. The number of hydrogen-bond donors (Lipinski definition) is 0. The number of nitriles is 1. The van der Waals surface area contributed by atoms with Gasteiger partial charge in [0, 0.05) is 6.20 Å². The highest BCUT2D eigenvalue weighted by Gasteiger charge is 1.90. The summed E-state index contributed by atoms with van der Waals surface area (Å²) in [7, 11) is 0. The summed E-state index contributed by atoms with van der Waals surface area (Å²) in [6.45, 7) is 3.88. The monoisotopic (exact) mass is 182 g/mol. The Hall–Kier alpha value is -2.14. The predicted octanol–water partition coefficient (Wildman–Crippen LogP) is 2.81. The Morgan fingerprint density at radius 3 is 2.71 bits per heavy atom. The second kappa shape index (κ2) is 5.50. The van der Waals surface area contributed by atoms with Gasteiger partial charge < -0.3 is 0 Å². The second-order valence-electron chi connectivity index (χ2n) is 2.61. The zero-order valence-corrected chi connectivity index (χ0v) is 7.72. The molecule has 0 radical (unpaired) electrons. The molecule has 0 spiro atoms. The van der Waals surface area contributed by atoms with Crippen LogP contribution in [0, 0.1) is 11.3 Å². The summed E-state index contributed by atoms with van der Waals surface area (Å²) in [5.41, 5.74) is 1.93. The lowest BCUT2D eigenvalue weighted by atomic mass is 10.1. The standard InChI is InChI=1S/C12H10N2/c1-11(7-9-14-10-8-13)12-5-3-2-4-6-12/h2-7,9-10H,1H2/b9-7-,14-10?. The normalized spacial score (nSPS) is 10.5. The van der Waals surface area contributed by atoms with E-state index in [1.54, 1.807) is 12.3 Å². The van der Waals surface area contributed by atoms with Crippen molar-refractivity contribution in [1.82, 2.24) is 0 Å². The maximum atomic E-state index is 8.19. The van der Waals surface area contributed by atoms with Crippen LogP contribution in [-0.4, -0.2) is 6.21 Å². The number of aliphatic imine (C=N–C) groups is 1. The molecular weight excluding hydrogens is 172 g/mol. The minimum absolute atomic E-state index is 0.876. The molecule has 0 saturated carbocycles. The van der Waals surface area contributed by atoms with E-state index in [1.807, 2.05) is 36.4 Å². The Bertz CT molecular complexity index is 394. The first kappa shape index (κ1) is 9.94. The van der Waals surface area contributed by atoms with Crippen LogP contribution in [0.5, 0.6) is 0 Å². The van der Waals surface area contributed by atoms with Gasteiger partial charge in [-0.15, -0.1) is 0 Å². The second-order valence-corrected chi connectivity index (χ2v) is 2.61. The SMILES string of the molecule is C=C(/C=C\N=CC#N)c1ccccc1. The van der Waals surface area contributed by atoms with Gasteiger partial charge in [0.05, 0.1) is 0 Å². The Kier molecular flexibility index (Phi) is 3.90. The van der Waals surface area contributed by atoms with Gasteiger partial charge in [0.15, 0.2) is 0 Å². The highest BCUT2D eigenvalue weighted by molar-refractivity contribution is 5.76. The molecule has 2 nitrogen and oxygen atoms in total. The lowest BCUT2D eigenvalue weighted by molar-refractivity contribution is 1.53. The molecule has 0 bridgehead atoms. The number of hydrogen-bond acceptors (Lipinski definition) is 2. The number of benzene rings is 1. The van der Waals surface area contributed by atoms with Gasteiger partial charge in [0.25, 0.3) is 0 Å². The fourth-order valence-corrected chi connectivity index (χ4v) is 0.958. The van der Waals surface area contributed by atoms with E-state index in [0.717, 1.165) is 11.1 Å². The summed E-state index contributed by atoms with van der Waals surface area (Å²) in [5.74, 6) is 0. The summed E-state index contributed by atoms with van der Waals surface area (Å²) >= 11 is 0. The first-order chi connectivity index (χ1) is 6.84. The largest absolute Gasteiger partial charge is 0.253 e. The minimum Gasteiger partial charge on any atom is -0.253 e. The fourth-order valence-electron chi connectivity index (χ4n) is 0.958. The molecule has 1 rings (SSSR count). The van der Waals surface area contributed by atoms with Crippen LogP contribution in [-0.2, 0) is 0 Å². The molecule has 1 aromatic rings. The van der Waals surface area contributed by atoms with Crippen LogP contribution in [0.4, 0.5) is 0 Å². The lowest BCUT2D eigenvalue weighted by Crippen LogP contribution is -1.76. The zero-order valence-electron chi connectivity index (χ0n) is 7.72. The van der Waals surface area contributed by atoms with E-state index >= 15 is 0 Å². The molecule has 1 aromatic carbocycles. The first-order valence-corrected chi connectivity index (χ1v) is 4.16. The third-order valence-electron chi connectivity index (χ3n) is 1.64. The van der Waals surface area contributed by atoms with Gasteiger partial charge in [-0.05, 0) is 17.2 Å². The van der Waals surface area contributed by atoms with Gasteiger partial charge in [0.2, 0.25) is 0 Å². The van der Waals surface area contributed by atoms with E-state index < -0.39 is 0 Å². The third-order valence-corrected chi connectivity index (χ3v) is 1.64. The Labute approximate surface area is 83.5 Å². The van der Waals surface area contributed by atoms with Crippen molar-refractivity contribution in [3.8, 4) is 6.07 Å². The molecular formula is C12H10N2. The molecule has 14 heavy (non-hydrogen) atoms. The smallest absolute Gasteiger partial charge is 0.111 e. The molecule has 0 aliphatic carbocycles. The molecule has 68 valence electrons. The molecule has 0 amide bonds.